The number of amides is 1. The van der Waals surface area contributed by atoms with Crippen LogP contribution in [0.4, 0.5) is 4.79 Å². The van der Waals surface area contributed by atoms with E-state index in [-0.39, 0.29) is 37.9 Å². The van der Waals surface area contributed by atoms with Crippen LogP contribution in [0.2, 0.25) is 0 Å². The molecule has 0 bridgehead atoms. The standard InChI is InChI=1S/C13H22N4O4/c1-5-20-11(18)10(15)17-7-6-16(8-9(17)14)12(19)21-13(2,3)4/h14-15H,5-8H2,1-4H3. The fourth-order valence-corrected chi connectivity index (χ4v) is 1.74. The van der Waals surface area contributed by atoms with Crippen LogP contribution in [0, 0.1) is 10.8 Å². The van der Waals surface area contributed by atoms with E-state index in [1.165, 1.54) is 9.80 Å². The van der Waals surface area contributed by atoms with Crippen molar-refractivity contribution in [3.8, 4) is 0 Å². The molecule has 0 aromatic heterocycles. The topological polar surface area (TPSA) is 107 Å². The van der Waals surface area contributed by atoms with E-state index in [0.29, 0.717) is 0 Å². The fraction of sp³-hybridized carbons (Fsp3) is 0.692. The number of rotatable bonds is 1. The molecule has 8 nitrogen and oxygen atoms in total. The van der Waals surface area contributed by atoms with Crippen molar-refractivity contribution in [1.29, 1.82) is 10.8 Å². The van der Waals surface area contributed by atoms with E-state index < -0.39 is 17.7 Å². The van der Waals surface area contributed by atoms with Crippen molar-refractivity contribution in [1.82, 2.24) is 9.80 Å². The van der Waals surface area contributed by atoms with E-state index >= 15 is 0 Å². The molecule has 0 spiro atoms. The number of nitrogens with zero attached hydrogens (tertiary/aromatic N) is 2. The normalized spacial score (nSPS) is 15.7. The number of ether oxygens (including phenoxy) is 2. The maximum absolute atomic E-state index is 11.9. The lowest BCUT2D eigenvalue weighted by molar-refractivity contribution is -0.135. The average Bonchev–Trinajstić information content (AvgIpc) is 2.36. The van der Waals surface area contributed by atoms with Crippen molar-refractivity contribution in [2.24, 2.45) is 0 Å². The molecule has 1 heterocycles. The van der Waals surface area contributed by atoms with Gasteiger partial charge in [-0.05, 0) is 27.7 Å². The first kappa shape index (κ1) is 16.9. The summed E-state index contributed by atoms with van der Waals surface area (Å²) in [5.74, 6) is -1.16. The smallest absolute Gasteiger partial charge is 0.410 e. The molecular formula is C13H22N4O4. The Morgan fingerprint density at radius 3 is 2.38 bits per heavy atom. The third-order valence-corrected chi connectivity index (χ3v) is 2.65. The van der Waals surface area contributed by atoms with Crippen LogP contribution in [-0.4, -0.2) is 65.4 Å². The molecule has 21 heavy (non-hydrogen) atoms. The monoisotopic (exact) mass is 298 g/mol. The van der Waals surface area contributed by atoms with Crippen LogP contribution in [0.1, 0.15) is 27.7 Å². The zero-order chi connectivity index (χ0) is 16.2. The summed E-state index contributed by atoms with van der Waals surface area (Å²) >= 11 is 0. The van der Waals surface area contributed by atoms with Crippen LogP contribution >= 0.6 is 0 Å². The van der Waals surface area contributed by atoms with E-state index in [1.807, 2.05) is 0 Å². The van der Waals surface area contributed by atoms with Gasteiger partial charge < -0.3 is 14.4 Å². The van der Waals surface area contributed by atoms with Crippen molar-refractivity contribution in [2.45, 2.75) is 33.3 Å². The van der Waals surface area contributed by atoms with E-state index in [2.05, 4.69) is 0 Å². The Morgan fingerprint density at radius 1 is 1.29 bits per heavy atom. The molecule has 8 heteroatoms. The molecule has 2 N–H and O–H groups in total. The molecule has 0 unspecified atom stereocenters. The number of carbonyl (C=O) groups excluding carboxylic acids is 2. The minimum absolute atomic E-state index is 0.00328. The predicted molar refractivity (Wildman–Crippen MR) is 76.6 cm³/mol. The van der Waals surface area contributed by atoms with Gasteiger partial charge >= 0.3 is 12.1 Å². The zero-order valence-electron chi connectivity index (χ0n) is 12.9. The van der Waals surface area contributed by atoms with Crippen LogP contribution in [0.5, 0.6) is 0 Å². The molecule has 0 atom stereocenters. The average molecular weight is 298 g/mol. The number of esters is 1. The SMILES string of the molecule is CCOC(=O)C(=N)N1CCN(C(=O)OC(C)(C)C)CC1=N. The molecule has 1 amide bonds. The van der Waals surface area contributed by atoms with Crippen molar-refractivity contribution >= 4 is 23.7 Å². The van der Waals surface area contributed by atoms with Crippen LogP contribution < -0.4 is 0 Å². The Bertz CT molecular complexity index is 456. The van der Waals surface area contributed by atoms with Gasteiger partial charge in [-0.15, -0.1) is 0 Å². The lowest BCUT2D eigenvalue weighted by atomic mass is 10.2. The highest BCUT2D eigenvalue weighted by molar-refractivity contribution is 6.37. The van der Waals surface area contributed by atoms with E-state index in [4.69, 9.17) is 20.3 Å². The second-order valence-corrected chi connectivity index (χ2v) is 5.57. The van der Waals surface area contributed by atoms with Crippen molar-refractivity contribution in [2.75, 3.05) is 26.2 Å². The van der Waals surface area contributed by atoms with E-state index in [9.17, 15) is 9.59 Å². The first-order valence-corrected chi connectivity index (χ1v) is 6.74. The first-order chi connectivity index (χ1) is 9.65. The van der Waals surface area contributed by atoms with Gasteiger partial charge in [-0.2, -0.15) is 0 Å². The summed E-state index contributed by atoms with van der Waals surface area (Å²) in [7, 11) is 0. The summed E-state index contributed by atoms with van der Waals surface area (Å²) in [6.07, 6.45) is -0.505. The summed E-state index contributed by atoms with van der Waals surface area (Å²) in [6.45, 7) is 7.59. The van der Waals surface area contributed by atoms with Crippen LogP contribution in [0.25, 0.3) is 0 Å². The highest BCUT2D eigenvalue weighted by Crippen LogP contribution is 2.12. The van der Waals surface area contributed by atoms with Gasteiger partial charge in [0.25, 0.3) is 0 Å². The molecule has 1 fully saturated rings. The van der Waals surface area contributed by atoms with Crippen LogP contribution in [0.3, 0.4) is 0 Å². The number of nitrogens with one attached hydrogen (secondary N) is 2. The second-order valence-electron chi connectivity index (χ2n) is 5.57. The highest BCUT2D eigenvalue weighted by Gasteiger charge is 2.32. The molecule has 0 aromatic rings. The molecule has 0 aliphatic carbocycles. The Kier molecular flexibility index (Phi) is 5.28. The summed E-state index contributed by atoms with van der Waals surface area (Å²) in [6, 6.07) is 0. The molecule has 1 saturated heterocycles. The summed E-state index contributed by atoms with van der Waals surface area (Å²) in [4.78, 5) is 26.0. The van der Waals surface area contributed by atoms with Gasteiger partial charge in [0.05, 0.1) is 13.2 Å². The zero-order valence-corrected chi connectivity index (χ0v) is 12.9. The number of piperazine rings is 1. The lowest BCUT2D eigenvalue weighted by Gasteiger charge is -2.36. The predicted octanol–water partition coefficient (Wildman–Crippen LogP) is 1.06. The maximum Gasteiger partial charge on any atom is 0.410 e. The Hall–Kier alpha value is -2.12. The fourth-order valence-electron chi connectivity index (χ4n) is 1.74. The molecule has 1 aliphatic rings. The van der Waals surface area contributed by atoms with Crippen LogP contribution in [0.15, 0.2) is 0 Å². The molecular weight excluding hydrogens is 276 g/mol. The van der Waals surface area contributed by atoms with Gasteiger partial charge in [-0.1, -0.05) is 0 Å². The minimum Gasteiger partial charge on any atom is -0.460 e. The first-order valence-electron chi connectivity index (χ1n) is 6.74. The molecule has 0 saturated carbocycles. The quantitative estimate of drug-likeness (QED) is 0.427. The molecule has 1 rings (SSSR count). The largest absolute Gasteiger partial charge is 0.460 e. The Labute approximate surface area is 124 Å². The van der Waals surface area contributed by atoms with Crippen LogP contribution in [-0.2, 0) is 14.3 Å². The Morgan fingerprint density at radius 2 is 1.90 bits per heavy atom. The molecule has 0 radical (unpaired) electrons. The summed E-state index contributed by atoms with van der Waals surface area (Å²) in [5.41, 5.74) is -0.603. The van der Waals surface area contributed by atoms with Gasteiger partial charge in [-0.25, -0.2) is 9.59 Å². The highest BCUT2D eigenvalue weighted by atomic mass is 16.6. The van der Waals surface area contributed by atoms with Crippen molar-refractivity contribution in [3.05, 3.63) is 0 Å². The van der Waals surface area contributed by atoms with Gasteiger partial charge in [-0.3, -0.25) is 15.7 Å². The minimum atomic E-state index is -0.770. The summed E-state index contributed by atoms with van der Waals surface area (Å²) in [5, 5.41) is 15.6. The number of amidine groups is 2. The molecule has 1 aliphatic heterocycles. The van der Waals surface area contributed by atoms with Gasteiger partial charge in [0.2, 0.25) is 5.84 Å². The number of hydrogen-bond acceptors (Lipinski definition) is 6. The Balaban J connectivity index is 2.62. The number of carbonyl (C=O) groups is 2. The van der Waals surface area contributed by atoms with E-state index in [0.717, 1.165) is 0 Å². The third-order valence-electron chi connectivity index (χ3n) is 2.65. The van der Waals surface area contributed by atoms with Crippen molar-refractivity contribution < 1.29 is 19.1 Å². The molecule has 118 valence electrons. The summed E-state index contributed by atoms with van der Waals surface area (Å²) < 4.78 is 9.97. The number of hydrogen-bond donors (Lipinski definition) is 2. The van der Waals surface area contributed by atoms with E-state index in [1.54, 1.807) is 27.7 Å². The second kappa shape index (κ2) is 6.55. The van der Waals surface area contributed by atoms with Crippen molar-refractivity contribution in [3.63, 3.8) is 0 Å². The van der Waals surface area contributed by atoms with Gasteiger partial charge in [0.15, 0.2) is 0 Å². The maximum atomic E-state index is 11.9. The van der Waals surface area contributed by atoms with Gasteiger partial charge in [0.1, 0.15) is 11.4 Å². The third kappa shape index (κ3) is 4.73. The van der Waals surface area contributed by atoms with Gasteiger partial charge in [0, 0.05) is 13.1 Å². The molecule has 0 aromatic carbocycles. The lowest BCUT2D eigenvalue weighted by Crippen LogP contribution is -2.56.